The van der Waals surface area contributed by atoms with Crippen molar-refractivity contribution in [1.29, 1.82) is 0 Å². The van der Waals surface area contributed by atoms with Crippen LogP contribution in [0.25, 0.3) is 0 Å². The summed E-state index contributed by atoms with van der Waals surface area (Å²) < 4.78 is 5.37. The van der Waals surface area contributed by atoms with Crippen LogP contribution in [-0.4, -0.2) is 16.5 Å². The average Bonchev–Trinajstić information content (AvgIpc) is 2.58. The Balaban J connectivity index is 2.03. The molecule has 0 N–H and O–H groups in total. The molecule has 0 unspecified atom stereocenters. The molecule has 0 saturated heterocycles. The van der Waals surface area contributed by atoms with E-state index in [9.17, 15) is 19.7 Å². The molecule has 0 heterocycles. The van der Waals surface area contributed by atoms with E-state index in [2.05, 4.69) is 0 Å². The summed E-state index contributed by atoms with van der Waals surface area (Å²) in [7, 11) is 0. The van der Waals surface area contributed by atoms with Crippen molar-refractivity contribution in [1.82, 2.24) is 0 Å². The molecule has 0 spiro atoms. The lowest BCUT2D eigenvalue weighted by atomic mass is 9.93. The summed E-state index contributed by atoms with van der Waals surface area (Å²) in [5, 5.41) is 10.5. The Hall–Kier alpha value is -2.70. The smallest absolute Gasteiger partial charge is 0.291 e. The van der Waals surface area contributed by atoms with Crippen molar-refractivity contribution < 1.29 is 19.2 Å². The number of allylic oxidation sites excluding steroid dienone is 2. The molecule has 0 bridgehead atoms. The Bertz CT molecular complexity index is 936. The highest BCUT2D eigenvalue weighted by Gasteiger charge is 2.33. The molecule has 120 valence electrons. The quantitative estimate of drug-likeness (QED) is 0.603. The van der Waals surface area contributed by atoms with Crippen molar-refractivity contribution in [3.05, 3.63) is 79.5 Å². The zero-order valence-electron chi connectivity index (χ0n) is 11.8. The van der Waals surface area contributed by atoms with Crippen LogP contribution in [0.3, 0.4) is 0 Å². The molecule has 0 aromatic heterocycles. The summed E-state index contributed by atoms with van der Waals surface area (Å²) >= 11 is 11.7. The monoisotopic (exact) mass is 363 g/mol. The second-order valence-electron chi connectivity index (χ2n) is 4.82. The van der Waals surface area contributed by atoms with E-state index in [4.69, 9.17) is 27.9 Å². The van der Waals surface area contributed by atoms with E-state index in [-0.39, 0.29) is 38.4 Å². The lowest BCUT2D eigenvalue weighted by Gasteiger charge is -2.17. The highest BCUT2D eigenvalue weighted by molar-refractivity contribution is 6.49. The highest BCUT2D eigenvalue weighted by Crippen LogP contribution is 2.33. The van der Waals surface area contributed by atoms with Gasteiger partial charge in [0.25, 0.3) is 5.69 Å². The number of ether oxygens (including phenoxy) is 1. The number of ketones is 2. The number of halogens is 2. The van der Waals surface area contributed by atoms with Crippen LogP contribution in [0.1, 0.15) is 20.7 Å². The van der Waals surface area contributed by atoms with E-state index in [0.29, 0.717) is 0 Å². The second kappa shape index (κ2) is 6.07. The molecule has 1 aliphatic rings. The molecule has 0 aliphatic heterocycles. The van der Waals surface area contributed by atoms with E-state index in [0.717, 1.165) is 6.07 Å². The SMILES string of the molecule is O=C1C(Cl)=C(Oc2ccc(Cl)c([N+](=O)[O-])c2)C(=O)c2ccccc21. The molecule has 2 aromatic carbocycles. The number of nitro groups is 1. The fourth-order valence-electron chi connectivity index (χ4n) is 2.23. The first-order valence-electron chi connectivity index (χ1n) is 6.60. The van der Waals surface area contributed by atoms with Gasteiger partial charge in [-0.25, -0.2) is 0 Å². The first kappa shape index (κ1) is 16.2. The first-order valence-corrected chi connectivity index (χ1v) is 7.35. The predicted octanol–water partition coefficient (Wildman–Crippen LogP) is 4.16. The van der Waals surface area contributed by atoms with Gasteiger partial charge in [0.15, 0.2) is 5.76 Å². The van der Waals surface area contributed by atoms with E-state index in [1.54, 1.807) is 12.1 Å². The number of nitrogens with zero attached hydrogens (tertiary/aromatic N) is 1. The number of nitro benzene ring substituents is 1. The van der Waals surface area contributed by atoms with Crippen LogP contribution in [0.2, 0.25) is 5.02 Å². The van der Waals surface area contributed by atoms with Gasteiger partial charge < -0.3 is 4.74 Å². The fourth-order valence-corrected chi connectivity index (χ4v) is 2.64. The maximum Gasteiger partial charge on any atom is 0.291 e. The van der Waals surface area contributed by atoms with Crippen LogP contribution < -0.4 is 4.74 Å². The Morgan fingerprint density at radius 1 is 0.958 bits per heavy atom. The summed E-state index contributed by atoms with van der Waals surface area (Å²) in [5.74, 6) is -1.53. The normalized spacial score (nSPS) is 13.8. The molecule has 24 heavy (non-hydrogen) atoms. The van der Waals surface area contributed by atoms with Gasteiger partial charge >= 0.3 is 0 Å². The molecule has 1 aliphatic carbocycles. The highest BCUT2D eigenvalue weighted by atomic mass is 35.5. The van der Waals surface area contributed by atoms with E-state index in [1.165, 1.54) is 24.3 Å². The standard InChI is InChI=1S/C16H7Cl2NO5/c17-11-6-5-8(7-12(11)19(22)23)24-16-13(18)14(20)9-3-1-2-4-10(9)15(16)21/h1-7H. The summed E-state index contributed by atoms with van der Waals surface area (Å²) in [6.07, 6.45) is 0. The zero-order valence-corrected chi connectivity index (χ0v) is 13.3. The number of Topliss-reactive ketones (excluding diaryl/α,β-unsaturated/α-hetero) is 2. The van der Waals surface area contributed by atoms with Gasteiger partial charge in [-0.15, -0.1) is 0 Å². The summed E-state index contributed by atoms with van der Waals surface area (Å²) in [6, 6.07) is 9.83. The molecule has 6 nitrogen and oxygen atoms in total. The summed E-state index contributed by atoms with van der Waals surface area (Å²) in [4.78, 5) is 35.0. The number of carbonyl (C=O) groups excluding carboxylic acids is 2. The molecule has 2 aromatic rings. The molecule has 3 rings (SSSR count). The summed E-state index contributed by atoms with van der Waals surface area (Å²) in [6.45, 7) is 0. The largest absolute Gasteiger partial charge is 0.451 e. The average molecular weight is 364 g/mol. The van der Waals surface area contributed by atoms with Gasteiger partial charge in [-0.2, -0.15) is 0 Å². The second-order valence-corrected chi connectivity index (χ2v) is 5.60. The predicted molar refractivity (Wildman–Crippen MR) is 86.7 cm³/mol. The van der Waals surface area contributed by atoms with E-state index >= 15 is 0 Å². The van der Waals surface area contributed by atoms with Crippen molar-refractivity contribution in [2.45, 2.75) is 0 Å². The molecule has 0 saturated carbocycles. The minimum absolute atomic E-state index is 0.0280. The van der Waals surface area contributed by atoms with Crippen LogP contribution in [0, 0.1) is 10.1 Å². The van der Waals surface area contributed by atoms with Crippen molar-refractivity contribution in [2.75, 3.05) is 0 Å². The Labute approximate surface area is 145 Å². The third-order valence-electron chi connectivity index (χ3n) is 3.36. The molecular weight excluding hydrogens is 357 g/mol. The topological polar surface area (TPSA) is 86.5 Å². The van der Waals surface area contributed by atoms with Crippen LogP contribution in [0.15, 0.2) is 53.3 Å². The number of hydrogen-bond donors (Lipinski definition) is 0. The van der Waals surface area contributed by atoms with Crippen molar-refractivity contribution >= 4 is 40.5 Å². The Morgan fingerprint density at radius 2 is 1.58 bits per heavy atom. The lowest BCUT2D eigenvalue weighted by molar-refractivity contribution is -0.384. The fraction of sp³-hybridized carbons (Fsp3) is 0. The van der Waals surface area contributed by atoms with E-state index < -0.39 is 16.5 Å². The van der Waals surface area contributed by atoms with Gasteiger partial charge in [-0.3, -0.25) is 19.7 Å². The maximum absolute atomic E-state index is 12.5. The van der Waals surface area contributed by atoms with Gasteiger partial charge in [0, 0.05) is 11.1 Å². The van der Waals surface area contributed by atoms with Crippen LogP contribution in [-0.2, 0) is 0 Å². The molecule has 0 radical (unpaired) electrons. The van der Waals surface area contributed by atoms with Gasteiger partial charge in [0.2, 0.25) is 11.6 Å². The molecule has 0 fully saturated rings. The van der Waals surface area contributed by atoms with E-state index in [1.807, 2.05) is 0 Å². The van der Waals surface area contributed by atoms with Crippen molar-refractivity contribution in [3.63, 3.8) is 0 Å². The number of carbonyl (C=O) groups is 2. The third-order valence-corrected chi connectivity index (χ3v) is 4.02. The minimum Gasteiger partial charge on any atom is -0.451 e. The van der Waals surface area contributed by atoms with Gasteiger partial charge in [0.1, 0.15) is 15.8 Å². The molecular formula is C16H7Cl2NO5. The number of benzene rings is 2. The van der Waals surface area contributed by atoms with Gasteiger partial charge in [-0.1, -0.05) is 47.5 Å². The lowest BCUT2D eigenvalue weighted by Crippen LogP contribution is -2.23. The number of fused-ring (bicyclic) bond motifs is 1. The number of hydrogen-bond acceptors (Lipinski definition) is 5. The van der Waals surface area contributed by atoms with Gasteiger partial charge in [0.05, 0.1) is 11.0 Å². The molecule has 0 amide bonds. The Morgan fingerprint density at radius 3 is 2.21 bits per heavy atom. The maximum atomic E-state index is 12.5. The first-order chi connectivity index (χ1) is 11.4. The van der Waals surface area contributed by atoms with Crippen LogP contribution >= 0.6 is 23.2 Å². The third kappa shape index (κ3) is 2.66. The zero-order chi connectivity index (χ0) is 17.4. The minimum atomic E-state index is -0.686. The Kier molecular flexibility index (Phi) is 4.09. The summed E-state index contributed by atoms with van der Waals surface area (Å²) in [5.41, 5.74) is -0.0480. The number of rotatable bonds is 3. The molecule has 0 atom stereocenters. The van der Waals surface area contributed by atoms with Crippen molar-refractivity contribution in [2.24, 2.45) is 0 Å². The van der Waals surface area contributed by atoms with Crippen LogP contribution in [0.5, 0.6) is 5.75 Å². The molecule has 8 heteroatoms. The van der Waals surface area contributed by atoms with Crippen molar-refractivity contribution in [3.8, 4) is 5.75 Å². The van der Waals surface area contributed by atoms with Gasteiger partial charge in [-0.05, 0) is 12.1 Å². The van der Waals surface area contributed by atoms with Crippen LogP contribution in [0.4, 0.5) is 5.69 Å².